The molecule has 1 aromatic carbocycles. The third-order valence-electron chi connectivity index (χ3n) is 3.59. The predicted molar refractivity (Wildman–Crippen MR) is 98.1 cm³/mol. The van der Waals surface area contributed by atoms with Crippen LogP contribution in [0.3, 0.4) is 0 Å². The largest absolute Gasteiger partial charge is 0.487 e. The summed E-state index contributed by atoms with van der Waals surface area (Å²) in [4.78, 5) is 25.0. The number of halogens is 2. The highest BCUT2D eigenvalue weighted by molar-refractivity contribution is 5.54. The van der Waals surface area contributed by atoms with E-state index >= 15 is 0 Å². The molecule has 3 aromatic rings. The van der Waals surface area contributed by atoms with Crippen molar-refractivity contribution in [2.24, 2.45) is 0 Å². The Kier molecular flexibility index (Phi) is 5.62. The van der Waals surface area contributed by atoms with Gasteiger partial charge in [0.15, 0.2) is 6.61 Å². The Labute approximate surface area is 159 Å². The van der Waals surface area contributed by atoms with Gasteiger partial charge in [-0.1, -0.05) is 0 Å². The smallest absolute Gasteiger partial charge is 0.304 e. The molecule has 0 bridgehead atoms. The lowest BCUT2D eigenvalue weighted by Gasteiger charge is -2.14. The second kappa shape index (κ2) is 8.12. The molecule has 0 aliphatic rings. The molecule has 0 saturated heterocycles. The van der Waals surface area contributed by atoms with Crippen molar-refractivity contribution in [3.8, 4) is 28.8 Å². The minimum atomic E-state index is -2.93. The van der Waals surface area contributed by atoms with Crippen LogP contribution in [0.2, 0.25) is 0 Å². The number of hydrogen-bond acceptors (Lipinski definition) is 6. The van der Waals surface area contributed by atoms with Crippen LogP contribution in [-0.2, 0) is 0 Å². The molecule has 2 aromatic heterocycles. The molecular formula is C19H18F2N4O3. The van der Waals surface area contributed by atoms with Gasteiger partial charge in [0.2, 0.25) is 0 Å². The molecule has 0 fully saturated rings. The topological polar surface area (TPSA) is 79.1 Å². The molecule has 0 radical (unpaired) electrons. The van der Waals surface area contributed by atoms with Gasteiger partial charge in [-0.05, 0) is 37.3 Å². The molecule has 3 rings (SSSR count). The van der Waals surface area contributed by atoms with Gasteiger partial charge in [0.25, 0.3) is 11.5 Å². The van der Waals surface area contributed by atoms with Crippen molar-refractivity contribution in [1.82, 2.24) is 19.5 Å². The van der Waals surface area contributed by atoms with Crippen LogP contribution in [0.15, 0.2) is 53.7 Å². The fourth-order valence-corrected chi connectivity index (χ4v) is 2.40. The van der Waals surface area contributed by atoms with Gasteiger partial charge in [0.1, 0.15) is 12.1 Å². The number of alkyl halides is 2. The summed E-state index contributed by atoms with van der Waals surface area (Å²) in [5.41, 5.74) is 0.938. The second-order valence-electron chi connectivity index (χ2n) is 5.98. The molecule has 0 atom stereocenters. The number of ether oxygens (including phenoxy) is 2. The van der Waals surface area contributed by atoms with Crippen molar-refractivity contribution in [3.05, 3.63) is 59.3 Å². The van der Waals surface area contributed by atoms with Gasteiger partial charge in [0, 0.05) is 19.2 Å². The first-order chi connectivity index (χ1) is 13.4. The number of benzene rings is 1. The number of aromatic nitrogens is 4. The average molecular weight is 388 g/mol. The van der Waals surface area contributed by atoms with Gasteiger partial charge in [-0.25, -0.2) is 23.3 Å². The zero-order valence-electron chi connectivity index (χ0n) is 15.3. The lowest BCUT2D eigenvalue weighted by Crippen LogP contribution is -2.22. The van der Waals surface area contributed by atoms with E-state index in [1.54, 1.807) is 31.3 Å². The monoisotopic (exact) mass is 388 g/mol. The number of rotatable bonds is 7. The highest BCUT2D eigenvalue weighted by Crippen LogP contribution is 2.22. The third-order valence-corrected chi connectivity index (χ3v) is 3.59. The molecule has 7 nitrogen and oxygen atoms in total. The Morgan fingerprint density at radius 2 is 1.86 bits per heavy atom. The molecule has 2 heterocycles. The zero-order chi connectivity index (χ0) is 20.1. The fraction of sp³-hybridized carbons (Fsp3) is 0.263. The van der Waals surface area contributed by atoms with E-state index in [9.17, 15) is 13.6 Å². The Bertz CT molecular complexity index is 987. The van der Waals surface area contributed by atoms with Crippen LogP contribution in [0.5, 0.6) is 11.8 Å². The molecule has 0 aliphatic heterocycles. The molecule has 9 heteroatoms. The highest BCUT2D eigenvalue weighted by Gasteiger charge is 2.22. The summed E-state index contributed by atoms with van der Waals surface area (Å²) in [6.45, 7) is 2.12. The predicted octanol–water partition coefficient (Wildman–Crippen LogP) is 3.12. The third kappa shape index (κ3) is 4.67. The van der Waals surface area contributed by atoms with Gasteiger partial charge in [-0.3, -0.25) is 4.79 Å². The first-order valence-corrected chi connectivity index (χ1v) is 8.52. The van der Waals surface area contributed by atoms with Crippen molar-refractivity contribution >= 4 is 0 Å². The summed E-state index contributed by atoms with van der Waals surface area (Å²) in [5, 5.41) is 0. The van der Waals surface area contributed by atoms with Crippen molar-refractivity contribution in [1.29, 1.82) is 0 Å². The average Bonchev–Trinajstić information content (AvgIpc) is 2.67. The van der Waals surface area contributed by atoms with Crippen LogP contribution in [0.25, 0.3) is 17.1 Å². The zero-order valence-corrected chi connectivity index (χ0v) is 15.3. The summed E-state index contributed by atoms with van der Waals surface area (Å²) in [5.74, 6) is -2.67. The Morgan fingerprint density at radius 3 is 2.46 bits per heavy atom. The van der Waals surface area contributed by atoms with Crippen molar-refractivity contribution in [2.45, 2.75) is 19.8 Å². The van der Waals surface area contributed by atoms with E-state index in [1.807, 2.05) is 0 Å². The Hall–Kier alpha value is -3.36. The van der Waals surface area contributed by atoms with Crippen LogP contribution in [-0.4, -0.2) is 38.7 Å². The summed E-state index contributed by atoms with van der Waals surface area (Å²) < 4.78 is 37.7. The number of hydrogen-bond donors (Lipinski definition) is 0. The highest BCUT2D eigenvalue weighted by atomic mass is 19.3. The van der Waals surface area contributed by atoms with Crippen molar-refractivity contribution < 1.29 is 18.3 Å². The van der Waals surface area contributed by atoms with E-state index in [2.05, 4.69) is 15.0 Å². The second-order valence-corrected chi connectivity index (χ2v) is 5.98. The van der Waals surface area contributed by atoms with Gasteiger partial charge in [-0.2, -0.15) is 4.98 Å². The molecule has 0 saturated carbocycles. The van der Waals surface area contributed by atoms with Gasteiger partial charge >= 0.3 is 6.01 Å². The van der Waals surface area contributed by atoms with E-state index < -0.39 is 12.5 Å². The first-order valence-electron chi connectivity index (χ1n) is 8.52. The standard InChI is InChI=1S/C19H18F2N4O3/c1-3-27-18-24-16(15-8-9-22-12-23-15)10-17(26)25(18)13-4-6-14(7-5-13)28-11-19(2,20)21/h4-10,12H,3,11H2,1-2H3. The van der Waals surface area contributed by atoms with E-state index in [4.69, 9.17) is 9.47 Å². The van der Waals surface area contributed by atoms with Gasteiger partial charge in [-0.15, -0.1) is 0 Å². The maximum absolute atomic E-state index is 12.9. The quantitative estimate of drug-likeness (QED) is 0.619. The van der Waals surface area contributed by atoms with Crippen molar-refractivity contribution in [3.63, 3.8) is 0 Å². The minimum Gasteiger partial charge on any atom is -0.487 e. The molecule has 0 unspecified atom stereocenters. The lowest BCUT2D eigenvalue weighted by molar-refractivity contribution is -0.0229. The van der Waals surface area contributed by atoms with Gasteiger partial charge < -0.3 is 9.47 Å². The SMILES string of the molecule is CCOc1nc(-c2ccncn2)cc(=O)n1-c1ccc(OCC(C)(F)F)cc1. The molecule has 0 aliphatic carbocycles. The molecule has 0 N–H and O–H groups in total. The molecular weight excluding hydrogens is 370 g/mol. The van der Waals surface area contributed by atoms with Crippen molar-refractivity contribution in [2.75, 3.05) is 13.2 Å². The van der Waals surface area contributed by atoms with E-state index in [0.717, 1.165) is 6.92 Å². The summed E-state index contributed by atoms with van der Waals surface area (Å²) in [7, 11) is 0. The summed E-state index contributed by atoms with van der Waals surface area (Å²) >= 11 is 0. The fourth-order valence-electron chi connectivity index (χ4n) is 2.40. The number of nitrogens with zero attached hydrogens (tertiary/aromatic N) is 4. The van der Waals surface area contributed by atoms with Crippen LogP contribution < -0.4 is 15.0 Å². The molecule has 28 heavy (non-hydrogen) atoms. The molecule has 146 valence electrons. The Morgan fingerprint density at radius 1 is 1.11 bits per heavy atom. The maximum Gasteiger partial charge on any atom is 0.304 e. The summed E-state index contributed by atoms with van der Waals surface area (Å²) in [6, 6.07) is 9.21. The lowest BCUT2D eigenvalue weighted by atomic mass is 10.2. The maximum atomic E-state index is 12.9. The summed E-state index contributed by atoms with van der Waals surface area (Å²) in [6.07, 6.45) is 2.91. The van der Waals surface area contributed by atoms with E-state index in [-0.39, 0.29) is 17.3 Å². The van der Waals surface area contributed by atoms with Crippen LogP contribution >= 0.6 is 0 Å². The van der Waals surface area contributed by atoms with E-state index in [0.29, 0.717) is 23.7 Å². The normalized spacial score (nSPS) is 11.3. The Balaban J connectivity index is 1.96. The van der Waals surface area contributed by atoms with Gasteiger partial charge in [0.05, 0.1) is 23.7 Å². The minimum absolute atomic E-state index is 0.0948. The molecule has 0 spiro atoms. The van der Waals surface area contributed by atoms with Crippen LogP contribution in [0.4, 0.5) is 8.78 Å². The van der Waals surface area contributed by atoms with Crippen LogP contribution in [0.1, 0.15) is 13.8 Å². The van der Waals surface area contributed by atoms with E-state index in [1.165, 1.54) is 29.1 Å². The first kappa shape index (κ1) is 19.4. The molecule has 0 amide bonds. The van der Waals surface area contributed by atoms with Crippen LogP contribution in [0, 0.1) is 0 Å².